The second kappa shape index (κ2) is 8.72. The molecule has 0 amide bonds. The summed E-state index contributed by atoms with van der Waals surface area (Å²) in [5, 5.41) is 22.0. The number of aliphatic hydroxyl groups is 2. The Morgan fingerprint density at radius 2 is 1.74 bits per heavy atom. The van der Waals surface area contributed by atoms with Crippen molar-refractivity contribution in [3.05, 3.63) is 81.6 Å². The molecular weight excluding hydrogens is 388 g/mol. The lowest BCUT2D eigenvalue weighted by Gasteiger charge is -2.38. The largest absolute Gasteiger partial charge is 0.385 e. The lowest BCUT2D eigenvalue weighted by atomic mass is 9.84. The van der Waals surface area contributed by atoms with Crippen LogP contribution in [0.25, 0.3) is 0 Å². The van der Waals surface area contributed by atoms with Crippen LogP contribution in [-0.2, 0) is 5.60 Å². The monoisotopic (exact) mass is 409 g/mol. The highest BCUT2D eigenvalue weighted by molar-refractivity contribution is 6.42. The lowest BCUT2D eigenvalue weighted by molar-refractivity contribution is -0.0234. The molecule has 6 heteroatoms. The van der Waals surface area contributed by atoms with Crippen LogP contribution in [0, 0.1) is 5.82 Å². The van der Waals surface area contributed by atoms with Crippen LogP contribution in [-0.4, -0.2) is 34.7 Å². The van der Waals surface area contributed by atoms with Crippen molar-refractivity contribution in [1.29, 1.82) is 0 Å². The molecule has 0 radical (unpaired) electrons. The van der Waals surface area contributed by atoms with Crippen LogP contribution in [0.2, 0.25) is 10.0 Å². The number of benzene rings is 2. The molecule has 2 aromatic carbocycles. The normalized spacial score (nSPS) is 18.7. The summed E-state index contributed by atoms with van der Waals surface area (Å²) in [6.45, 7) is 2.14. The van der Waals surface area contributed by atoms with Crippen molar-refractivity contribution in [2.24, 2.45) is 0 Å². The summed E-state index contributed by atoms with van der Waals surface area (Å²) in [5.41, 5.74) is 0.543. The van der Waals surface area contributed by atoms with Gasteiger partial charge in [-0.15, -0.1) is 0 Å². The van der Waals surface area contributed by atoms with Crippen LogP contribution in [0.4, 0.5) is 4.39 Å². The Hall–Kier alpha value is -1.43. The van der Waals surface area contributed by atoms with Gasteiger partial charge in [0.25, 0.3) is 0 Å². The summed E-state index contributed by atoms with van der Waals surface area (Å²) in [5.74, 6) is -0.322. The van der Waals surface area contributed by atoms with Crippen LogP contribution < -0.4 is 0 Å². The van der Waals surface area contributed by atoms with Gasteiger partial charge in [0.1, 0.15) is 5.82 Å². The maximum Gasteiger partial charge on any atom is 0.123 e. The molecule has 1 unspecified atom stereocenters. The van der Waals surface area contributed by atoms with Gasteiger partial charge >= 0.3 is 0 Å². The highest BCUT2D eigenvalue weighted by Gasteiger charge is 2.33. The van der Waals surface area contributed by atoms with Crippen LogP contribution in [0.15, 0.2) is 54.6 Å². The summed E-state index contributed by atoms with van der Waals surface area (Å²) in [7, 11) is 0. The van der Waals surface area contributed by atoms with Gasteiger partial charge in [-0.25, -0.2) is 4.39 Å². The van der Waals surface area contributed by atoms with Gasteiger partial charge in [0.2, 0.25) is 0 Å². The van der Waals surface area contributed by atoms with Crippen molar-refractivity contribution in [2.75, 3.05) is 19.6 Å². The maximum absolute atomic E-state index is 12.9. The number of piperidine rings is 1. The van der Waals surface area contributed by atoms with Gasteiger partial charge in [-0.05, 0) is 48.2 Å². The Bertz CT molecular complexity index is 802. The molecule has 27 heavy (non-hydrogen) atoms. The molecule has 1 saturated heterocycles. The molecular formula is C21H22Cl2FNO2. The summed E-state index contributed by atoms with van der Waals surface area (Å²) in [4.78, 5) is 2.21. The van der Waals surface area contributed by atoms with E-state index in [2.05, 4.69) is 4.90 Å². The summed E-state index contributed by atoms with van der Waals surface area (Å²) >= 11 is 12.0. The van der Waals surface area contributed by atoms with Crippen molar-refractivity contribution in [3.8, 4) is 0 Å². The topological polar surface area (TPSA) is 43.7 Å². The molecule has 0 saturated carbocycles. The number of hydrogen-bond acceptors (Lipinski definition) is 3. The van der Waals surface area contributed by atoms with Crippen LogP contribution in [0.1, 0.15) is 30.1 Å². The first-order chi connectivity index (χ1) is 12.9. The van der Waals surface area contributed by atoms with Crippen molar-refractivity contribution < 1.29 is 14.6 Å². The number of aliphatic hydroxyl groups excluding tert-OH is 1. The molecule has 144 valence electrons. The van der Waals surface area contributed by atoms with Crippen molar-refractivity contribution >= 4 is 23.2 Å². The molecule has 1 fully saturated rings. The molecule has 3 nitrogen and oxygen atoms in total. The van der Waals surface area contributed by atoms with Crippen molar-refractivity contribution in [1.82, 2.24) is 4.90 Å². The Kier molecular flexibility index (Phi) is 6.56. The third-order valence-corrected chi connectivity index (χ3v) is 5.77. The smallest absolute Gasteiger partial charge is 0.123 e. The van der Waals surface area contributed by atoms with E-state index >= 15 is 0 Å². The Morgan fingerprint density at radius 1 is 1.07 bits per heavy atom. The average molecular weight is 410 g/mol. The van der Waals surface area contributed by atoms with Gasteiger partial charge in [-0.1, -0.05) is 53.6 Å². The fraction of sp³-hybridized carbons (Fsp3) is 0.333. The fourth-order valence-corrected chi connectivity index (χ4v) is 3.59. The third kappa shape index (κ3) is 5.09. The second-order valence-electron chi connectivity index (χ2n) is 6.89. The number of likely N-dealkylation sites (tertiary alicyclic amines) is 1. The van der Waals surface area contributed by atoms with Gasteiger partial charge in [0, 0.05) is 19.6 Å². The number of hydrogen-bond donors (Lipinski definition) is 2. The molecule has 1 aliphatic rings. The molecule has 0 spiro atoms. The molecule has 2 aromatic rings. The summed E-state index contributed by atoms with van der Waals surface area (Å²) < 4.78 is 12.9. The van der Waals surface area contributed by atoms with Gasteiger partial charge in [-0.3, -0.25) is 4.90 Å². The summed E-state index contributed by atoms with van der Waals surface area (Å²) in [6.07, 6.45) is 4.03. The molecule has 1 atom stereocenters. The second-order valence-corrected chi connectivity index (χ2v) is 7.70. The third-order valence-electron chi connectivity index (χ3n) is 5.03. The van der Waals surface area contributed by atoms with Crippen molar-refractivity contribution in [3.63, 3.8) is 0 Å². The SMILES string of the molecule is OC(C=CCN1CCC(O)(c2ccc(Cl)c(Cl)c2)CC1)c1ccc(F)cc1. The molecule has 0 aliphatic carbocycles. The minimum absolute atomic E-state index is 0.322. The van der Waals surface area contributed by atoms with Gasteiger partial charge in [0.05, 0.1) is 21.8 Å². The van der Waals surface area contributed by atoms with Gasteiger partial charge in [-0.2, -0.15) is 0 Å². The van der Waals surface area contributed by atoms with E-state index in [1.54, 1.807) is 30.3 Å². The van der Waals surface area contributed by atoms with Crippen LogP contribution in [0.3, 0.4) is 0 Å². The first-order valence-electron chi connectivity index (χ1n) is 8.88. The Labute approximate surface area is 168 Å². The molecule has 0 bridgehead atoms. The zero-order chi connectivity index (χ0) is 19.4. The molecule has 1 heterocycles. The van der Waals surface area contributed by atoms with Gasteiger partial charge < -0.3 is 10.2 Å². The quantitative estimate of drug-likeness (QED) is 0.702. The van der Waals surface area contributed by atoms with E-state index in [0.717, 1.165) is 18.7 Å². The minimum Gasteiger partial charge on any atom is -0.385 e. The van der Waals surface area contributed by atoms with E-state index in [-0.39, 0.29) is 5.82 Å². The first-order valence-corrected chi connectivity index (χ1v) is 9.63. The van der Waals surface area contributed by atoms with Gasteiger partial charge in [0.15, 0.2) is 0 Å². The molecule has 1 aliphatic heterocycles. The van der Waals surface area contributed by atoms with E-state index in [0.29, 0.717) is 35.0 Å². The van der Waals surface area contributed by atoms with E-state index in [1.807, 2.05) is 12.1 Å². The molecule has 3 rings (SSSR count). The first kappa shape index (κ1) is 20.3. The summed E-state index contributed by atoms with van der Waals surface area (Å²) in [6, 6.07) is 11.1. The minimum atomic E-state index is -0.901. The standard InChI is InChI=1S/C21H22Cl2FNO2/c22-18-8-5-16(14-19(18)23)21(27)9-12-25(13-10-21)11-1-2-20(26)15-3-6-17(24)7-4-15/h1-8,14,20,26-27H,9-13H2. The van der Waals surface area contributed by atoms with Crippen LogP contribution >= 0.6 is 23.2 Å². The van der Waals surface area contributed by atoms with Crippen molar-refractivity contribution in [2.45, 2.75) is 24.5 Å². The van der Waals surface area contributed by atoms with E-state index < -0.39 is 11.7 Å². The highest BCUT2D eigenvalue weighted by Crippen LogP contribution is 2.35. The molecule has 2 N–H and O–H groups in total. The lowest BCUT2D eigenvalue weighted by Crippen LogP contribution is -2.42. The van der Waals surface area contributed by atoms with E-state index in [1.165, 1.54) is 12.1 Å². The van der Waals surface area contributed by atoms with Crippen LogP contribution in [0.5, 0.6) is 0 Å². The van der Waals surface area contributed by atoms with E-state index in [9.17, 15) is 14.6 Å². The molecule has 0 aromatic heterocycles. The predicted octanol–water partition coefficient (Wildman–Crippen LogP) is 4.71. The number of nitrogens with zero attached hydrogens (tertiary/aromatic N) is 1. The Morgan fingerprint density at radius 3 is 2.37 bits per heavy atom. The zero-order valence-corrected chi connectivity index (χ0v) is 16.3. The average Bonchev–Trinajstić information content (AvgIpc) is 2.66. The number of rotatable bonds is 5. The zero-order valence-electron chi connectivity index (χ0n) is 14.8. The fourth-order valence-electron chi connectivity index (χ4n) is 3.29. The Balaban J connectivity index is 1.53. The highest BCUT2D eigenvalue weighted by atomic mass is 35.5. The van der Waals surface area contributed by atoms with E-state index in [4.69, 9.17) is 23.2 Å². The number of halogens is 3. The predicted molar refractivity (Wildman–Crippen MR) is 107 cm³/mol. The maximum atomic E-state index is 12.9.